The standard InChI is InChI=1S/C13H26N2O/c1-9-6-10(2)11(3)15(8-9)12(16)7-13(4,5)14/h9-11H,6-8,14H2,1-5H3. The van der Waals surface area contributed by atoms with Gasteiger partial charge in [0, 0.05) is 24.5 Å². The molecule has 0 radical (unpaired) electrons. The molecule has 1 amide bonds. The van der Waals surface area contributed by atoms with Crippen molar-refractivity contribution in [2.24, 2.45) is 17.6 Å². The highest BCUT2D eigenvalue weighted by Gasteiger charge is 2.33. The molecular formula is C13H26N2O. The smallest absolute Gasteiger partial charge is 0.224 e. The average Bonchev–Trinajstić information content (AvgIpc) is 2.08. The summed E-state index contributed by atoms with van der Waals surface area (Å²) in [5.41, 5.74) is 5.51. The van der Waals surface area contributed by atoms with Crippen LogP contribution in [0.1, 0.15) is 47.5 Å². The van der Waals surface area contributed by atoms with Gasteiger partial charge in [0.15, 0.2) is 0 Å². The van der Waals surface area contributed by atoms with Crippen LogP contribution in [0.5, 0.6) is 0 Å². The summed E-state index contributed by atoms with van der Waals surface area (Å²) in [6.45, 7) is 11.3. The van der Waals surface area contributed by atoms with E-state index in [-0.39, 0.29) is 5.91 Å². The zero-order chi connectivity index (χ0) is 12.5. The molecule has 1 aliphatic heterocycles. The maximum atomic E-state index is 12.2. The molecule has 3 unspecified atom stereocenters. The number of carbonyl (C=O) groups is 1. The van der Waals surface area contributed by atoms with Crippen molar-refractivity contribution in [1.29, 1.82) is 0 Å². The predicted molar refractivity (Wildman–Crippen MR) is 67.0 cm³/mol. The van der Waals surface area contributed by atoms with E-state index in [0.29, 0.717) is 24.3 Å². The molecule has 0 saturated carbocycles. The third-order valence-corrected chi connectivity index (χ3v) is 3.52. The van der Waals surface area contributed by atoms with Crippen LogP contribution in [0.4, 0.5) is 0 Å². The summed E-state index contributed by atoms with van der Waals surface area (Å²) in [5, 5.41) is 0. The van der Waals surface area contributed by atoms with Gasteiger partial charge in [0.05, 0.1) is 0 Å². The first-order chi connectivity index (χ1) is 7.20. The number of nitrogens with zero attached hydrogens (tertiary/aromatic N) is 1. The highest BCUT2D eigenvalue weighted by molar-refractivity contribution is 5.77. The second-order valence-corrected chi connectivity index (χ2v) is 6.27. The van der Waals surface area contributed by atoms with Gasteiger partial charge in [-0.2, -0.15) is 0 Å². The van der Waals surface area contributed by atoms with Gasteiger partial charge in [-0.25, -0.2) is 0 Å². The van der Waals surface area contributed by atoms with Crippen LogP contribution in [0.25, 0.3) is 0 Å². The van der Waals surface area contributed by atoms with Gasteiger partial charge in [0.1, 0.15) is 0 Å². The van der Waals surface area contributed by atoms with Crippen molar-refractivity contribution in [2.45, 2.75) is 59.0 Å². The number of hydrogen-bond acceptors (Lipinski definition) is 2. The molecule has 0 aliphatic carbocycles. The monoisotopic (exact) mass is 226 g/mol. The number of amides is 1. The summed E-state index contributed by atoms with van der Waals surface area (Å²) in [4.78, 5) is 14.2. The number of carbonyl (C=O) groups excluding carboxylic acids is 1. The zero-order valence-corrected chi connectivity index (χ0v) is 11.3. The fraction of sp³-hybridized carbons (Fsp3) is 0.923. The van der Waals surface area contributed by atoms with E-state index in [2.05, 4.69) is 20.8 Å². The molecule has 3 heteroatoms. The maximum absolute atomic E-state index is 12.2. The largest absolute Gasteiger partial charge is 0.339 e. The zero-order valence-electron chi connectivity index (χ0n) is 11.3. The highest BCUT2D eigenvalue weighted by atomic mass is 16.2. The Morgan fingerprint density at radius 3 is 2.44 bits per heavy atom. The molecule has 0 spiro atoms. The first-order valence-corrected chi connectivity index (χ1v) is 6.29. The molecule has 0 aromatic rings. The van der Waals surface area contributed by atoms with E-state index < -0.39 is 5.54 Å². The molecule has 1 rings (SSSR count). The second-order valence-electron chi connectivity index (χ2n) is 6.27. The molecule has 1 heterocycles. The molecular weight excluding hydrogens is 200 g/mol. The van der Waals surface area contributed by atoms with Gasteiger partial charge >= 0.3 is 0 Å². The van der Waals surface area contributed by atoms with Gasteiger partial charge in [0.25, 0.3) is 0 Å². The van der Waals surface area contributed by atoms with Crippen LogP contribution in [-0.4, -0.2) is 28.9 Å². The van der Waals surface area contributed by atoms with Gasteiger partial charge < -0.3 is 10.6 Å². The van der Waals surface area contributed by atoms with Crippen LogP contribution in [0.3, 0.4) is 0 Å². The lowest BCUT2D eigenvalue weighted by Gasteiger charge is -2.42. The lowest BCUT2D eigenvalue weighted by atomic mass is 9.85. The van der Waals surface area contributed by atoms with Crippen molar-refractivity contribution >= 4 is 5.91 Å². The Hall–Kier alpha value is -0.570. The summed E-state index contributed by atoms with van der Waals surface area (Å²) in [5.74, 6) is 1.41. The van der Waals surface area contributed by atoms with Crippen molar-refractivity contribution in [2.75, 3.05) is 6.54 Å². The Morgan fingerprint density at radius 2 is 1.94 bits per heavy atom. The Labute approximate surface area is 99.4 Å². The molecule has 3 atom stereocenters. The van der Waals surface area contributed by atoms with E-state index in [1.54, 1.807) is 0 Å². The minimum Gasteiger partial charge on any atom is -0.339 e. The molecule has 0 aromatic carbocycles. The fourth-order valence-corrected chi connectivity index (χ4v) is 2.54. The van der Waals surface area contributed by atoms with Crippen LogP contribution >= 0.6 is 0 Å². The van der Waals surface area contributed by atoms with Crippen LogP contribution < -0.4 is 5.73 Å². The summed E-state index contributed by atoms with van der Waals surface area (Å²) in [7, 11) is 0. The number of rotatable bonds is 2. The van der Waals surface area contributed by atoms with Crippen LogP contribution in [-0.2, 0) is 4.79 Å². The number of hydrogen-bond donors (Lipinski definition) is 1. The molecule has 1 fully saturated rings. The molecule has 0 aromatic heterocycles. The minimum atomic E-state index is -0.402. The summed E-state index contributed by atoms with van der Waals surface area (Å²) >= 11 is 0. The Morgan fingerprint density at radius 1 is 1.38 bits per heavy atom. The molecule has 94 valence electrons. The third-order valence-electron chi connectivity index (χ3n) is 3.52. The summed E-state index contributed by atoms with van der Waals surface area (Å²) in [6.07, 6.45) is 1.66. The van der Waals surface area contributed by atoms with E-state index >= 15 is 0 Å². The van der Waals surface area contributed by atoms with Crippen molar-refractivity contribution in [3.05, 3.63) is 0 Å². The number of piperidine rings is 1. The van der Waals surface area contributed by atoms with Crippen LogP contribution in [0, 0.1) is 11.8 Å². The first kappa shape index (κ1) is 13.5. The van der Waals surface area contributed by atoms with Gasteiger partial charge in [-0.05, 0) is 39.0 Å². The Balaban J connectivity index is 2.67. The molecule has 3 nitrogen and oxygen atoms in total. The topological polar surface area (TPSA) is 46.3 Å². The maximum Gasteiger partial charge on any atom is 0.224 e. The van der Waals surface area contributed by atoms with E-state index in [9.17, 15) is 4.79 Å². The lowest BCUT2D eigenvalue weighted by Crippen LogP contribution is -2.51. The van der Waals surface area contributed by atoms with Gasteiger partial charge in [0.2, 0.25) is 5.91 Å². The third kappa shape index (κ3) is 3.48. The summed E-state index contributed by atoms with van der Waals surface area (Å²) in [6, 6.07) is 0.353. The fourth-order valence-electron chi connectivity index (χ4n) is 2.54. The molecule has 16 heavy (non-hydrogen) atoms. The molecule has 1 saturated heterocycles. The quantitative estimate of drug-likeness (QED) is 0.783. The van der Waals surface area contributed by atoms with Crippen molar-refractivity contribution in [3.63, 3.8) is 0 Å². The predicted octanol–water partition coefficient (Wildman–Crippen LogP) is 2.01. The second kappa shape index (κ2) is 4.74. The van der Waals surface area contributed by atoms with Crippen molar-refractivity contribution in [1.82, 2.24) is 4.90 Å². The van der Waals surface area contributed by atoms with E-state index in [0.717, 1.165) is 6.54 Å². The van der Waals surface area contributed by atoms with Crippen LogP contribution in [0.15, 0.2) is 0 Å². The van der Waals surface area contributed by atoms with Gasteiger partial charge in [-0.15, -0.1) is 0 Å². The van der Waals surface area contributed by atoms with E-state index in [1.165, 1.54) is 6.42 Å². The molecule has 0 bridgehead atoms. The lowest BCUT2D eigenvalue weighted by molar-refractivity contribution is -0.138. The van der Waals surface area contributed by atoms with Gasteiger partial charge in [-0.1, -0.05) is 13.8 Å². The summed E-state index contributed by atoms with van der Waals surface area (Å²) < 4.78 is 0. The van der Waals surface area contributed by atoms with E-state index in [4.69, 9.17) is 5.73 Å². The first-order valence-electron chi connectivity index (χ1n) is 6.29. The van der Waals surface area contributed by atoms with E-state index in [1.807, 2.05) is 18.7 Å². The average molecular weight is 226 g/mol. The van der Waals surface area contributed by atoms with Crippen molar-refractivity contribution in [3.8, 4) is 0 Å². The van der Waals surface area contributed by atoms with Crippen molar-refractivity contribution < 1.29 is 4.79 Å². The molecule has 2 N–H and O–H groups in total. The minimum absolute atomic E-state index is 0.207. The number of likely N-dealkylation sites (tertiary alicyclic amines) is 1. The normalized spacial score (nSPS) is 31.6. The SMILES string of the molecule is CC1CC(C)C(C)N(C(=O)CC(C)(C)N)C1. The van der Waals surface area contributed by atoms with Crippen LogP contribution in [0.2, 0.25) is 0 Å². The molecule has 1 aliphatic rings. The highest BCUT2D eigenvalue weighted by Crippen LogP contribution is 2.27. The Bertz CT molecular complexity index is 257. The van der Waals surface area contributed by atoms with Gasteiger partial charge in [-0.3, -0.25) is 4.79 Å². The number of nitrogens with two attached hydrogens (primary N) is 1. The Kier molecular flexibility index (Phi) is 4.00.